The van der Waals surface area contributed by atoms with Crippen molar-refractivity contribution in [2.75, 3.05) is 5.75 Å². The molecule has 0 fully saturated rings. The summed E-state index contributed by atoms with van der Waals surface area (Å²) < 4.78 is 29.9. The van der Waals surface area contributed by atoms with E-state index in [0.29, 0.717) is 16.4 Å². The SMILES string of the molecule is O=S(=O)(CCc1noc(-c2ccc3ccccc3n2)n1)c1ccccc1. The predicted molar refractivity (Wildman–Crippen MR) is 97.2 cm³/mol. The summed E-state index contributed by atoms with van der Waals surface area (Å²) in [6, 6.07) is 19.8. The average molecular weight is 365 g/mol. The Balaban J connectivity index is 1.52. The number of nitrogens with zero attached hydrogens (tertiary/aromatic N) is 3. The summed E-state index contributed by atoms with van der Waals surface area (Å²) in [4.78, 5) is 9.07. The molecule has 0 aliphatic carbocycles. The fourth-order valence-corrected chi connectivity index (χ4v) is 3.87. The van der Waals surface area contributed by atoms with Gasteiger partial charge >= 0.3 is 0 Å². The van der Waals surface area contributed by atoms with Crippen molar-refractivity contribution in [2.45, 2.75) is 11.3 Å². The van der Waals surface area contributed by atoms with Crippen LogP contribution in [0.3, 0.4) is 0 Å². The molecule has 0 aliphatic heterocycles. The monoisotopic (exact) mass is 365 g/mol. The first-order valence-corrected chi connectivity index (χ1v) is 9.74. The van der Waals surface area contributed by atoms with Gasteiger partial charge in [0.25, 0.3) is 5.89 Å². The van der Waals surface area contributed by atoms with Crippen LogP contribution in [0.4, 0.5) is 0 Å². The zero-order valence-electron chi connectivity index (χ0n) is 13.7. The minimum absolute atomic E-state index is 0.0822. The molecule has 0 amide bonds. The highest BCUT2D eigenvalue weighted by Crippen LogP contribution is 2.20. The van der Waals surface area contributed by atoms with Crippen molar-refractivity contribution in [2.24, 2.45) is 0 Å². The maximum atomic E-state index is 12.3. The van der Waals surface area contributed by atoms with Gasteiger partial charge in [0.1, 0.15) is 5.69 Å². The lowest BCUT2D eigenvalue weighted by atomic mass is 10.2. The highest BCUT2D eigenvalue weighted by Gasteiger charge is 2.17. The van der Waals surface area contributed by atoms with Crippen LogP contribution in [0.2, 0.25) is 0 Å². The van der Waals surface area contributed by atoms with Crippen molar-refractivity contribution >= 4 is 20.7 Å². The molecule has 0 spiro atoms. The van der Waals surface area contributed by atoms with Gasteiger partial charge in [0.05, 0.1) is 16.2 Å². The standard InChI is InChI=1S/C19H15N3O3S/c23-26(24,15-7-2-1-3-8-15)13-12-18-21-19(25-22-18)17-11-10-14-6-4-5-9-16(14)20-17/h1-11H,12-13H2. The molecule has 0 radical (unpaired) electrons. The Morgan fingerprint density at radius 3 is 2.46 bits per heavy atom. The molecule has 0 unspecified atom stereocenters. The molecule has 7 heteroatoms. The van der Waals surface area contributed by atoms with Crippen LogP contribution in [-0.2, 0) is 16.3 Å². The second-order valence-electron chi connectivity index (χ2n) is 5.79. The van der Waals surface area contributed by atoms with Crippen molar-refractivity contribution < 1.29 is 12.9 Å². The number of hydrogen-bond donors (Lipinski definition) is 0. The van der Waals surface area contributed by atoms with Gasteiger partial charge in [0, 0.05) is 11.8 Å². The lowest BCUT2D eigenvalue weighted by molar-refractivity contribution is 0.422. The third kappa shape index (κ3) is 3.34. The highest BCUT2D eigenvalue weighted by molar-refractivity contribution is 7.91. The highest BCUT2D eigenvalue weighted by atomic mass is 32.2. The molecular weight excluding hydrogens is 350 g/mol. The number of para-hydroxylation sites is 1. The maximum absolute atomic E-state index is 12.3. The van der Waals surface area contributed by atoms with Crippen LogP contribution in [0.25, 0.3) is 22.5 Å². The largest absolute Gasteiger partial charge is 0.332 e. The van der Waals surface area contributed by atoms with Crippen molar-refractivity contribution in [1.82, 2.24) is 15.1 Å². The molecule has 0 N–H and O–H groups in total. The zero-order chi connectivity index (χ0) is 18.0. The Morgan fingerprint density at radius 2 is 1.62 bits per heavy atom. The van der Waals surface area contributed by atoms with Crippen molar-refractivity contribution in [3.05, 3.63) is 72.6 Å². The van der Waals surface area contributed by atoms with Gasteiger partial charge in [-0.3, -0.25) is 0 Å². The Labute approximate surface area is 150 Å². The van der Waals surface area contributed by atoms with Gasteiger partial charge in [-0.15, -0.1) is 0 Å². The lowest BCUT2D eigenvalue weighted by Crippen LogP contribution is -2.09. The van der Waals surface area contributed by atoms with E-state index in [1.165, 1.54) is 0 Å². The first kappa shape index (κ1) is 16.4. The zero-order valence-corrected chi connectivity index (χ0v) is 14.6. The van der Waals surface area contributed by atoms with Gasteiger partial charge < -0.3 is 4.52 Å². The molecule has 0 bridgehead atoms. The van der Waals surface area contributed by atoms with E-state index in [2.05, 4.69) is 15.1 Å². The second kappa shape index (κ2) is 6.68. The molecule has 0 aliphatic rings. The van der Waals surface area contributed by atoms with Crippen molar-refractivity contribution in [1.29, 1.82) is 0 Å². The Hall–Kier alpha value is -3.06. The average Bonchev–Trinajstić information content (AvgIpc) is 3.16. The molecule has 4 aromatic rings. The summed E-state index contributed by atoms with van der Waals surface area (Å²) in [6.45, 7) is 0. The Bertz CT molecular complexity index is 1150. The van der Waals surface area contributed by atoms with E-state index in [1.807, 2.05) is 30.3 Å². The molecule has 130 valence electrons. The van der Waals surface area contributed by atoms with E-state index < -0.39 is 9.84 Å². The molecule has 2 aromatic heterocycles. The molecule has 0 saturated heterocycles. The molecule has 26 heavy (non-hydrogen) atoms. The fraction of sp³-hybridized carbons (Fsp3) is 0.105. The molecule has 2 heterocycles. The third-order valence-corrected chi connectivity index (χ3v) is 5.71. The van der Waals surface area contributed by atoms with Gasteiger partial charge in [-0.05, 0) is 24.3 Å². The van der Waals surface area contributed by atoms with Crippen LogP contribution in [0, 0.1) is 0 Å². The van der Waals surface area contributed by atoms with Gasteiger partial charge in [-0.2, -0.15) is 4.98 Å². The molecular formula is C19H15N3O3S. The van der Waals surface area contributed by atoms with E-state index in [9.17, 15) is 8.42 Å². The van der Waals surface area contributed by atoms with Gasteiger partial charge in [-0.25, -0.2) is 13.4 Å². The summed E-state index contributed by atoms with van der Waals surface area (Å²) in [5, 5.41) is 4.90. The van der Waals surface area contributed by atoms with E-state index in [-0.39, 0.29) is 18.1 Å². The number of benzene rings is 2. The Morgan fingerprint density at radius 1 is 0.846 bits per heavy atom. The molecule has 6 nitrogen and oxygen atoms in total. The first-order valence-electron chi connectivity index (χ1n) is 8.08. The summed E-state index contributed by atoms with van der Waals surface area (Å²) in [5.74, 6) is 0.540. The van der Waals surface area contributed by atoms with Crippen LogP contribution in [0.5, 0.6) is 0 Å². The minimum atomic E-state index is -3.38. The first-order chi connectivity index (χ1) is 12.6. The quantitative estimate of drug-likeness (QED) is 0.539. The summed E-state index contributed by atoms with van der Waals surface area (Å²) in [6.07, 6.45) is 0.175. The normalized spacial score (nSPS) is 11.7. The number of aryl methyl sites for hydroxylation is 1. The summed E-state index contributed by atoms with van der Waals surface area (Å²) in [5.41, 5.74) is 1.39. The Kier molecular flexibility index (Phi) is 4.22. The van der Waals surface area contributed by atoms with Crippen molar-refractivity contribution in [3.63, 3.8) is 0 Å². The molecule has 0 atom stereocenters. The predicted octanol–water partition coefficient (Wildman–Crippen LogP) is 3.30. The maximum Gasteiger partial charge on any atom is 0.276 e. The van der Waals surface area contributed by atoms with Crippen LogP contribution < -0.4 is 0 Å². The topological polar surface area (TPSA) is 86.0 Å². The van der Waals surface area contributed by atoms with E-state index in [1.54, 1.807) is 36.4 Å². The number of aromatic nitrogens is 3. The van der Waals surface area contributed by atoms with E-state index in [4.69, 9.17) is 4.52 Å². The number of rotatable bonds is 5. The van der Waals surface area contributed by atoms with Gasteiger partial charge in [0.2, 0.25) is 0 Å². The van der Waals surface area contributed by atoms with E-state index in [0.717, 1.165) is 10.9 Å². The van der Waals surface area contributed by atoms with Crippen LogP contribution in [0.15, 0.2) is 76.1 Å². The van der Waals surface area contributed by atoms with Crippen LogP contribution in [0.1, 0.15) is 5.82 Å². The number of sulfone groups is 1. The van der Waals surface area contributed by atoms with E-state index >= 15 is 0 Å². The number of fused-ring (bicyclic) bond motifs is 1. The molecule has 2 aromatic carbocycles. The third-order valence-electron chi connectivity index (χ3n) is 3.98. The summed E-state index contributed by atoms with van der Waals surface area (Å²) in [7, 11) is -3.38. The van der Waals surface area contributed by atoms with Gasteiger partial charge in [-0.1, -0.05) is 47.6 Å². The second-order valence-corrected chi connectivity index (χ2v) is 7.90. The van der Waals surface area contributed by atoms with Gasteiger partial charge in [0.15, 0.2) is 15.7 Å². The van der Waals surface area contributed by atoms with Crippen LogP contribution >= 0.6 is 0 Å². The van der Waals surface area contributed by atoms with Crippen molar-refractivity contribution in [3.8, 4) is 11.6 Å². The smallest absolute Gasteiger partial charge is 0.276 e. The molecule has 0 saturated carbocycles. The lowest BCUT2D eigenvalue weighted by Gasteiger charge is -2.01. The number of pyridine rings is 1. The molecule has 4 rings (SSSR count). The van der Waals surface area contributed by atoms with Crippen LogP contribution in [-0.4, -0.2) is 29.3 Å². The summed E-state index contributed by atoms with van der Waals surface area (Å²) >= 11 is 0. The minimum Gasteiger partial charge on any atom is -0.332 e. The fourth-order valence-electron chi connectivity index (χ4n) is 2.62. The number of hydrogen-bond acceptors (Lipinski definition) is 6.